The Morgan fingerprint density at radius 3 is 2.57 bits per heavy atom. The van der Waals surface area contributed by atoms with Gasteiger partial charge in [0.15, 0.2) is 22.5 Å². The van der Waals surface area contributed by atoms with Gasteiger partial charge in [0.1, 0.15) is 0 Å². The summed E-state index contributed by atoms with van der Waals surface area (Å²) in [5.41, 5.74) is 4.07. The van der Waals surface area contributed by atoms with E-state index in [1.807, 2.05) is 61.7 Å². The van der Waals surface area contributed by atoms with Gasteiger partial charge in [-0.3, -0.25) is 9.36 Å². The van der Waals surface area contributed by atoms with Gasteiger partial charge in [0.2, 0.25) is 0 Å². The number of nitrogens with zero attached hydrogens (tertiary/aromatic N) is 4. The smallest absolute Gasteiger partial charge is 0.200 e. The summed E-state index contributed by atoms with van der Waals surface area (Å²) in [6.07, 6.45) is 1.62. The molecule has 0 saturated heterocycles. The molecule has 0 bridgehead atoms. The van der Waals surface area contributed by atoms with Crippen LogP contribution in [-0.4, -0.2) is 30.9 Å². The lowest BCUT2D eigenvalue weighted by Crippen LogP contribution is -2.08. The van der Waals surface area contributed by atoms with Crippen LogP contribution in [0.15, 0.2) is 64.4 Å². The molecule has 1 aromatic carbocycles. The number of hydrogen-bond acceptors (Lipinski definition) is 5. The van der Waals surface area contributed by atoms with Gasteiger partial charge < -0.3 is 8.98 Å². The van der Waals surface area contributed by atoms with Gasteiger partial charge in [0.25, 0.3) is 0 Å². The zero-order chi connectivity index (χ0) is 21.1. The minimum atomic E-state index is 0.0950. The van der Waals surface area contributed by atoms with Crippen molar-refractivity contribution in [2.24, 2.45) is 0 Å². The molecule has 0 saturated carbocycles. The largest absolute Gasteiger partial charge is 0.461 e. The summed E-state index contributed by atoms with van der Waals surface area (Å²) in [6.45, 7) is 7.54. The van der Waals surface area contributed by atoms with E-state index in [-0.39, 0.29) is 5.78 Å². The Bertz CT molecular complexity index is 1140. The first-order chi connectivity index (χ1) is 14.6. The number of carbonyl (C=O) groups excluding carboxylic acids is 1. The molecule has 4 aromatic rings. The molecule has 7 heteroatoms. The van der Waals surface area contributed by atoms with Crippen molar-refractivity contribution in [3.63, 3.8) is 0 Å². The van der Waals surface area contributed by atoms with E-state index in [0.717, 1.165) is 28.7 Å². The van der Waals surface area contributed by atoms with E-state index in [0.29, 0.717) is 23.9 Å². The van der Waals surface area contributed by atoms with E-state index in [2.05, 4.69) is 26.9 Å². The third-order valence-electron chi connectivity index (χ3n) is 5.16. The first-order valence-corrected chi connectivity index (χ1v) is 10.9. The van der Waals surface area contributed by atoms with Crippen molar-refractivity contribution in [3.8, 4) is 11.6 Å². The number of thioether (sulfide) groups is 1. The second-order valence-electron chi connectivity index (χ2n) is 7.10. The Kier molecular flexibility index (Phi) is 5.90. The van der Waals surface area contributed by atoms with Gasteiger partial charge in [-0.05, 0) is 44.5 Å². The molecule has 0 N–H and O–H groups in total. The van der Waals surface area contributed by atoms with Gasteiger partial charge in [-0.2, -0.15) is 0 Å². The molecule has 0 fully saturated rings. The number of ketones is 1. The molecule has 4 rings (SSSR count). The molecule has 0 radical (unpaired) electrons. The third kappa shape index (κ3) is 3.98. The molecule has 3 aromatic heterocycles. The number of furan rings is 1. The second kappa shape index (κ2) is 8.75. The third-order valence-corrected chi connectivity index (χ3v) is 6.13. The fourth-order valence-electron chi connectivity index (χ4n) is 3.57. The Morgan fingerprint density at radius 2 is 1.87 bits per heavy atom. The zero-order valence-electron chi connectivity index (χ0n) is 17.3. The van der Waals surface area contributed by atoms with Gasteiger partial charge in [0, 0.05) is 30.0 Å². The second-order valence-corrected chi connectivity index (χ2v) is 8.04. The number of hydrogen-bond donors (Lipinski definition) is 0. The number of Topliss-reactive ketones (excluding diaryl/α,β-unsaturated/α-hetero) is 1. The lowest BCUT2D eigenvalue weighted by Gasteiger charge is -2.10. The molecule has 0 atom stereocenters. The fraction of sp³-hybridized carbons (Fsp3) is 0.261. The molecule has 154 valence electrons. The highest BCUT2D eigenvalue weighted by atomic mass is 32.2. The fourth-order valence-corrected chi connectivity index (χ4v) is 4.45. The monoisotopic (exact) mass is 420 g/mol. The van der Waals surface area contributed by atoms with Crippen molar-refractivity contribution in [2.45, 2.75) is 39.0 Å². The van der Waals surface area contributed by atoms with Crippen molar-refractivity contribution in [2.75, 3.05) is 5.75 Å². The van der Waals surface area contributed by atoms with E-state index in [1.54, 1.807) is 6.26 Å². The predicted octanol–water partition coefficient (Wildman–Crippen LogP) is 5.00. The molecule has 0 aliphatic carbocycles. The summed E-state index contributed by atoms with van der Waals surface area (Å²) in [5, 5.41) is 9.23. The molecule has 0 spiro atoms. The molecular formula is C23H24N4O2S. The predicted molar refractivity (Wildman–Crippen MR) is 118 cm³/mol. The number of benzene rings is 1. The quantitative estimate of drug-likeness (QED) is 0.296. The highest BCUT2D eigenvalue weighted by Crippen LogP contribution is 2.26. The Morgan fingerprint density at radius 1 is 1.07 bits per heavy atom. The highest BCUT2D eigenvalue weighted by Gasteiger charge is 2.19. The maximum Gasteiger partial charge on any atom is 0.200 e. The van der Waals surface area contributed by atoms with Crippen LogP contribution in [0.3, 0.4) is 0 Å². The van der Waals surface area contributed by atoms with Crippen molar-refractivity contribution in [1.82, 2.24) is 19.3 Å². The van der Waals surface area contributed by atoms with Crippen LogP contribution in [0.25, 0.3) is 11.6 Å². The normalized spacial score (nSPS) is 11.2. The molecule has 0 aliphatic rings. The van der Waals surface area contributed by atoms with Crippen LogP contribution in [0, 0.1) is 13.8 Å². The summed E-state index contributed by atoms with van der Waals surface area (Å²) in [5.74, 6) is 1.76. The first kappa shape index (κ1) is 20.2. The van der Waals surface area contributed by atoms with Crippen molar-refractivity contribution in [3.05, 3.63) is 77.3 Å². The van der Waals surface area contributed by atoms with Crippen molar-refractivity contribution < 1.29 is 9.21 Å². The number of rotatable bonds is 8. The Labute approximate surface area is 179 Å². The van der Waals surface area contributed by atoms with Crippen LogP contribution < -0.4 is 0 Å². The average Bonchev–Trinajstić information content (AvgIpc) is 3.48. The Hall–Kier alpha value is -3.06. The molecule has 30 heavy (non-hydrogen) atoms. The van der Waals surface area contributed by atoms with Crippen LogP contribution in [0.5, 0.6) is 0 Å². The van der Waals surface area contributed by atoms with Gasteiger partial charge >= 0.3 is 0 Å². The van der Waals surface area contributed by atoms with E-state index in [1.165, 1.54) is 17.3 Å². The molecule has 3 heterocycles. The Balaban J connectivity index is 1.49. The van der Waals surface area contributed by atoms with Gasteiger partial charge in [-0.1, -0.05) is 42.1 Å². The maximum atomic E-state index is 13.0. The minimum Gasteiger partial charge on any atom is -0.461 e. The molecule has 0 unspecified atom stereocenters. The lowest BCUT2D eigenvalue weighted by molar-refractivity contribution is 0.102. The van der Waals surface area contributed by atoms with Crippen LogP contribution in [0.4, 0.5) is 0 Å². The van der Waals surface area contributed by atoms with Gasteiger partial charge in [0.05, 0.1) is 12.0 Å². The molecule has 0 amide bonds. The van der Waals surface area contributed by atoms with Crippen molar-refractivity contribution in [1.29, 1.82) is 0 Å². The van der Waals surface area contributed by atoms with Gasteiger partial charge in [-0.15, -0.1) is 10.2 Å². The van der Waals surface area contributed by atoms with Gasteiger partial charge in [-0.25, -0.2) is 0 Å². The topological polar surface area (TPSA) is 65.8 Å². The molecule has 0 aliphatic heterocycles. The summed E-state index contributed by atoms with van der Waals surface area (Å²) in [6, 6.07) is 16.0. The van der Waals surface area contributed by atoms with Crippen LogP contribution in [0.2, 0.25) is 0 Å². The standard InChI is InChI=1S/C23H24N4O2S/c1-4-26-22(21-11-8-12-29-21)24-25-23(26)30-15-20(28)19-13-16(2)27(17(19)3)14-18-9-6-5-7-10-18/h5-13H,4,14-15H2,1-3H3. The SMILES string of the molecule is CCn1c(SCC(=O)c2cc(C)n(Cc3ccccc3)c2C)nnc1-c1ccco1. The van der Waals surface area contributed by atoms with E-state index < -0.39 is 0 Å². The first-order valence-electron chi connectivity index (χ1n) is 9.92. The number of aromatic nitrogens is 4. The summed E-state index contributed by atoms with van der Waals surface area (Å²) in [4.78, 5) is 13.0. The number of carbonyl (C=O) groups is 1. The van der Waals surface area contributed by atoms with E-state index in [9.17, 15) is 4.79 Å². The van der Waals surface area contributed by atoms with Crippen LogP contribution in [0.1, 0.15) is 34.2 Å². The lowest BCUT2D eigenvalue weighted by atomic mass is 10.2. The average molecular weight is 421 g/mol. The highest BCUT2D eigenvalue weighted by molar-refractivity contribution is 7.99. The van der Waals surface area contributed by atoms with E-state index in [4.69, 9.17) is 4.42 Å². The summed E-state index contributed by atoms with van der Waals surface area (Å²) in [7, 11) is 0. The minimum absolute atomic E-state index is 0.0950. The summed E-state index contributed by atoms with van der Waals surface area (Å²) >= 11 is 1.41. The van der Waals surface area contributed by atoms with Crippen LogP contribution in [-0.2, 0) is 13.1 Å². The molecular weight excluding hydrogens is 396 g/mol. The summed E-state index contributed by atoms with van der Waals surface area (Å²) < 4.78 is 9.61. The van der Waals surface area contributed by atoms with E-state index >= 15 is 0 Å². The molecule has 6 nitrogen and oxygen atoms in total. The maximum absolute atomic E-state index is 13.0. The zero-order valence-corrected chi connectivity index (χ0v) is 18.1. The number of aryl methyl sites for hydroxylation is 1. The van der Waals surface area contributed by atoms with Crippen molar-refractivity contribution >= 4 is 17.5 Å². The van der Waals surface area contributed by atoms with Crippen LogP contribution >= 0.6 is 11.8 Å².